The number of methoxy groups -OCH3 is 3. The standard InChI is InChI=1S/C27H35N3O5/c1-33-23-6-4-22(5-7-23)29-14-10-21(11-15-29)28-26(31)19-8-12-30(13-9-19)27(32)20-16-24(34-2)18-25(17-20)35-3/h4-7,16-19,21H,8-15H2,1-3H3,(H,28,31). The number of carbonyl (C=O) groups excluding carboxylic acids is 2. The van der Waals surface area contributed by atoms with E-state index in [2.05, 4.69) is 22.3 Å². The molecular formula is C27H35N3O5. The molecule has 2 aliphatic heterocycles. The lowest BCUT2D eigenvalue weighted by Crippen LogP contribution is -2.48. The molecule has 188 valence electrons. The van der Waals surface area contributed by atoms with E-state index in [0.717, 1.165) is 31.7 Å². The molecule has 35 heavy (non-hydrogen) atoms. The average molecular weight is 482 g/mol. The molecule has 0 aliphatic carbocycles. The normalized spacial score (nSPS) is 17.1. The van der Waals surface area contributed by atoms with Gasteiger partial charge in [-0.05, 0) is 62.1 Å². The molecule has 8 heteroatoms. The van der Waals surface area contributed by atoms with Crippen LogP contribution in [0.3, 0.4) is 0 Å². The summed E-state index contributed by atoms with van der Waals surface area (Å²) in [6.07, 6.45) is 3.19. The Kier molecular flexibility index (Phi) is 8.00. The van der Waals surface area contributed by atoms with Gasteiger partial charge in [0.25, 0.3) is 5.91 Å². The Hall–Kier alpha value is -3.42. The molecule has 2 saturated heterocycles. The van der Waals surface area contributed by atoms with Crippen molar-refractivity contribution in [3.8, 4) is 17.2 Å². The van der Waals surface area contributed by atoms with E-state index in [1.165, 1.54) is 5.69 Å². The number of benzene rings is 2. The SMILES string of the molecule is COc1ccc(N2CCC(NC(=O)C3CCN(C(=O)c4cc(OC)cc(OC)c4)CC3)CC2)cc1. The molecule has 0 atom stereocenters. The first-order chi connectivity index (χ1) is 17.0. The van der Waals surface area contributed by atoms with E-state index < -0.39 is 0 Å². The molecule has 2 fully saturated rings. The quantitative estimate of drug-likeness (QED) is 0.653. The summed E-state index contributed by atoms with van der Waals surface area (Å²) in [4.78, 5) is 30.1. The van der Waals surface area contributed by atoms with Gasteiger partial charge in [-0.3, -0.25) is 9.59 Å². The maximum absolute atomic E-state index is 13.0. The first kappa shape index (κ1) is 24.7. The van der Waals surface area contributed by atoms with Crippen molar-refractivity contribution in [2.75, 3.05) is 52.4 Å². The number of piperidine rings is 2. The van der Waals surface area contributed by atoms with Crippen LogP contribution in [-0.4, -0.2) is 70.3 Å². The zero-order valence-electron chi connectivity index (χ0n) is 20.8. The molecular weight excluding hydrogens is 446 g/mol. The van der Waals surface area contributed by atoms with E-state index in [4.69, 9.17) is 14.2 Å². The van der Waals surface area contributed by atoms with Gasteiger partial charge < -0.3 is 29.3 Å². The van der Waals surface area contributed by atoms with Gasteiger partial charge >= 0.3 is 0 Å². The van der Waals surface area contributed by atoms with Crippen molar-refractivity contribution in [3.05, 3.63) is 48.0 Å². The number of likely N-dealkylation sites (tertiary alicyclic amines) is 1. The minimum atomic E-state index is -0.0630. The summed E-state index contributed by atoms with van der Waals surface area (Å²) in [6.45, 7) is 2.95. The number of nitrogens with zero attached hydrogens (tertiary/aromatic N) is 2. The largest absolute Gasteiger partial charge is 0.497 e. The van der Waals surface area contributed by atoms with Crippen molar-refractivity contribution in [2.24, 2.45) is 5.92 Å². The van der Waals surface area contributed by atoms with Crippen LogP contribution >= 0.6 is 0 Å². The highest BCUT2D eigenvalue weighted by atomic mass is 16.5. The zero-order chi connectivity index (χ0) is 24.8. The molecule has 0 unspecified atom stereocenters. The highest BCUT2D eigenvalue weighted by Crippen LogP contribution is 2.26. The molecule has 2 amide bonds. The molecule has 1 N–H and O–H groups in total. The average Bonchev–Trinajstić information content (AvgIpc) is 2.92. The monoisotopic (exact) mass is 481 g/mol. The van der Waals surface area contributed by atoms with Crippen LogP contribution in [-0.2, 0) is 4.79 Å². The van der Waals surface area contributed by atoms with Gasteiger partial charge in [0.2, 0.25) is 5.91 Å². The van der Waals surface area contributed by atoms with Crippen molar-refractivity contribution < 1.29 is 23.8 Å². The van der Waals surface area contributed by atoms with E-state index in [0.29, 0.717) is 43.0 Å². The molecule has 0 saturated carbocycles. The second-order valence-electron chi connectivity index (χ2n) is 9.14. The molecule has 2 aromatic carbocycles. The van der Waals surface area contributed by atoms with Gasteiger partial charge in [-0.2, -0.15) is 0 Å². The summed E-state index contributed by atoms with van der Waals surface area (Å²) in [5, 5.41) is 3.26. The molecule has 4 rings (SSSR count). The summed E-state index contributed by atoms with van der Waals surface area (Å²) in [6, 6.07) is 13.5. The first-order valence-electron chi connectivity index (χ1n) is 12.2. The third-order valence-electron chi connectivity index (χ3n) is 7.03. The van der Waals surface area contributed by atoms with Crippen LogP contribution < -0.4 is 24.4 Å². The zero-order valence-corrected chi connectivity index (χ0v) is 20.8. The predicted octanol–water partition coefficient (Wildman–Crippen LogP) is 3.35. The Labute approximate surface area is 207 Å². The molecule has 8 nitrogen and oxygen atoms in total. The van der Waals surface area contributed by atoms with Crippen LogP contribution in [0.1, 0.15) is 36.0 Å². The van der Waals surface area contributed by atoms with Gasteiger partial charge in [-0.15, -0.1) is 0 Å². The topological polar surface area (TPSA) is 80.3 Å². The minimum absolute atomic E-state index is 0.0569. The van der Waals surface area contributed by atoms with Gasteiger partial charge in [0.1, 0.15) is 17.2 Å². The van der Waals surface area contributed by atoms with Crippen LogP contribution in [0.5, 0.6) is 17.2 Å². The molecule has 2 aliphatic rings. The number of nitrogens with one attached hydrogen (secondary N) is 1. The Balaban J connectivity index is 1.24. The highest BCUT2D eigenvalue weighted by Gasteiger charge is 2.30. The van der Waals surface area contributed by atoms with Crippen LogP contribution in [0.15, 0.2) is 42.5 Å². The van der Waals surface area contributed by atoms with E-state index in [9.17, 15) is 9.59 Å². The van der Waals surface area contributed by atoms with Crippen molar-refractivity contribution in [3.63, 3.8) is 0 Å². The van der Waals surface area contributed by atoms with Crippen LogP contribution in [0.2, 0.25) is 0 Å². The molecule has 0 bridgehead atoms. The number of rotatable bonds is 7. The van der Waals surface area contributed by atoms with Crippen LogP contribution in [0, 0.1) is 5.92 Å². The first-order valence-corrected chi connectivity index (χ1v) is 12.2. The van der Waals surface area contributed by atoms with Gasteiger partial charge in [-0.25, -0.2) is 0 Å². The summed E-state index contributed by atoms with van der Waals surface area (Å²) in [5.74, 6) is 2.01. The van der Waals surface area contributed by atoms with Crippen molar-refractivity contribution in [1.82, 2.24) is 10.2 Å². The van der Waals surface area contributed by atoms with Gasteiger partial charge in [-0.1, -0.05) is 0 Å². The lowest BCUT2D eigenvalue weighted by atomic mass is 9.94. The smallest absolute Gasteiger partial charge is 0.254 e. The Bertz CT molecular complexity index is 988. The molecule has 0 spiro atoms. The van der Waals surface area contributed by atoms with Crippen LogP contribution in [0.25, 0.3) is 0 Å². The fourth-order valence-corrected chi connectivity index (χ4v) is 4.85. The van der Waals surface area contributed by atoms with Crippen molar-refractivity contribution in [1.29, 1.82) is 0 Å². The minimum Gasteiger partial charge on any atom is -0.497 e. The fourth-order valence-electron chi connectivity index (χ4n) is 4.85. The second-order valence-corrected chi connectivity index (χ2v) is 9.14. The van der Waals surface area contributed by atoms with Crippen molar-refractivity contribution in [2.45, 2.75) is 31.7 Å². The highest BCUT2D eigenvalue weighted by molar-refractivity contribution is 5.95. The Morgan fingerprint density at radius 2 is 1.34 bits per heavy atom. The fraction of sp³-hybridized carbons (Fsp3) is 0.481. The number of amides is 2. The predicted molar refractivity (Wildman–Crippen MR) is 135 cm³/mol. The Morgan fingerprint density at radius 1 is 0.771 bits per heavy atom. The van der Waals surface area contributed by atoms with E-state index in [-0.39, 0.29) is 23.8 Å². The number of ether oxygens (including phenoxy) is 3. The summed E-state index contributed by atoms with van der Waals surface area (Å²) >= 11 is 0. The number of hydrogen-bond acceptors (Lipinski definition) is 6. The Morgan fingerprint density at radius 3 is 1.89 bits per heavy atom. The molecule has 0 radical (unpaired) electrons. The van der Waals surface area contributed by atoms with E-state index in [1.54, 1.807) is 39.5 Å². The summed E-state index contributed by atoms with van der Waals surface area (Å²) < 4.78 is 15.8. The second kappa shape index (κ2) is 11.3. The summed E-state index contributed by atoms with van der Waals surface area (Å²) in [7, 11) is 4.80. The molecule has 2 heterocycles. The number of anilines is 1. The third kappa shape index (κ3) is 5.99. The third-order valence-corrected chi connectivity index (χ3v) is 7.03. The van der Waals surface area contributed by atoms with Crippen LogP contribution in [0.4, 0.5) is 5.69 Å². The van der Waals surface area contributed by atoms with Gasteiger partial charge in [0, 0.05) is 55.5 Å². The maximum atomic E-state index is 13.0. The summed E-state index contributed by atoms with van der Waals surface area (Å²) in [5.41, 5.74) is 1.72. The maximum Gasteiger partial charge on any atom is 0.254 e. The van der Waals surface area contributed by atoms with Gasteiger partial charge in [0.05, 0.1) is 21.3 Å². The molecule has 2 aromatic rings. The number of hydrogen-bond donors (Lipinski definition) is 1. The van der Waals surface area contributed by atoms with E-state index >= 15 is 0 Å². The molecule has 0 aromatic heterocycles. The lowest BCUT2D eigenvalue weighted by molar-refractivity contribution is -0.127. The lowest BCUT2D eigenvalue weighted by Gasteiger charge is -2.36. The van der Waals surface area contributed by atoms with Crippen molar-refractivity contribution >= 4 is 17.5 Å². The van der Waals surface area contributed by atoms with E-state index in [1.807, 2.05) is 17.0 Å². The number of carbonyl (C=O) groups is 2. The van der Waals surface area contributed by atoms with Gasteiger partial charge in [0.15, 0.2) is 0 Å².